The molecule has 1 aliphatic rings. The highest BCUT2D eigenvalue weighted by atomic mass is 35.5. The minimum atomic E-state index is -0.882. The average Bonchev–Trinajstić information content (AvgIpc) is 3.03. The number of fused-ring (bicyclic) bond motifs is 1. The van der Waals surface area contributed by atoms with Gasteiger partial charge < -0.3 is 10.1 Å². The number of hydrogen-bond donors (Lipinski definition) is 1. The maximum Gasteiger partial charge on any atom is 0.338 e. The van der Waals surface area contributed by atoms with E-state index < -0.39 is 36.1 Å². The molecule has 1 N–H and O–H groups in total. The number of para-hydroxylation sites is 2. The molecule has 0 bridgehead atoms. The van der Waals surface area contributed by atoms with Gasteiger partial charge in [0.2, 0.25) is 0 Å². The first kappa shape index (κ1) is 21.2. The smallest absolute Gasteiger partial charge is 0.338 e. The molecule has 7 nitrogen and oxygen atoms in total. The molecule has 160 valence electrons. The number of carbonyl (C=O) groups is 4. The number of hydrogen-bond acceptors (Lipinski definition) is 5. The maximum absolute atomic E-state index is 13.6. The van der Waals surface area contributed by atoms with E-state index in [9.17, 15) is 23.6 Å². The minimum Gasteiger partial charge on any atom is -0.452 e. The second-order valence-corrected chi connectivity index (χ2v) is 7.17. The standard InChI is InChI=1S/C23H14ClFN2O5/c24-16-5-1-4-8-19(16)27-21(29)14-10-9-13(11-15(14)22(27)30)23(31)32-12-20(28)26-18-7-3-2-6-17(18)25/h1-11H,12H2,(H,26,28). The van der Waals surface area contributed by atoms with Gasteiger partial charge in [0.15, 0.2) is 6.61 Å². The van der Waals surface area contributed by atoms with Crippen LogP contribution >= 0.6 is 11.6 Å². The Kier molecular flexibility index (Phi) is 5.70. The second-order valence-electron chi connectivity index (χ2n) is 6.76. The number of imide groups is 1. The molecule has 3 aromatic rings. The van der Waals surface area contributed by atoms with Crippen LogP contribution in [-0.4, -0.2) is 30.3 Å². The van der Waals surface area contributed by atoms with Crippen LogP contribution in [0.2, 0.25) is 5.02 Å². The number of rotatable bonds is 5. The van der Waals surface area contributed by atoms with E-state index in [4.69, 9.17) is 16.3 Å². The summed E-state index contributed by atoms with van der Waals surface area (Å²) in [6.07, 6.45) is 0. The molecule has 32 heavy (non-hydrogen) atoms. The van der Waals surface area contributed by atoms with E-state index >= 15 is 0 Å². The molecular formula is C23H14ClFN2O5. The normalized spacial score (nSPS) is 12.5. The first-order chi connectivity index (χ1) is 15.4. The van der Waals surface area contributed by atoms with Crippen molar-refractivity contribution in [2.75, 3.05) is 16.8 Å². The van der Waals surface area contributed by atoms with Gasteiger partial charge in [0.1, 0.15) is 5.82 Å². The van der Waals surface area contributed by atoms with E-state index in [1.54, 1.807) is 24.3 Å². The number of nitrogens with one attached hydrogen (secondary N) is 1. The summed E-state index contributed by atoms with van der Waals surface area (Å²) in [6, 6.07) is 15.8. The molecule has 0 radical (unpaired) electrons. The van der Waals surface area contributed by atoms with Gasteiger partial charge in [-0.2, -0.15) is 0 Å². The monoisotopic (exact) mass is 452 g/mol. The Morgan fingerprint density at radius 3 is 2.38 bits per heavy atom. The van der Waals surface area contributed by atoms with Crippen LogP contribution in [0.1, 0.15) is 31.1 Å². The summed E-state index contributed by atoms with van der Waals surface area (Å²) >= 11 is 6.12. The molecule has 0 spiro atoms. The van der Waals surface area contributed by atoms with Crippen LogP contribution in [0.25, 0.3) is 0 Å². The molecular weight excluding hydrogens is 439 g/mol. The van der Waals surface area contributed by atoms with Gasteiger partial charge in [0, 0.05) is 0 Å². The molecule has 0 unspecified atom stereocenters. The van der Waals surface area contributed by atoms with Gasteiger partial charge in [-0.1, -0.05) is 35.9 Å². The number of nitrogens with zero attached hydrogens (tertiary/aromatic N) is 1. The first-order valence-electron chi connectivity index (χ1n) is 9.35. The molecule has 9 heteroatoms. The minimum absolute atomic E-state index is 0.0141. The van der Waals surface area contributed by atoms with Crippen LogP contribution in [0.15, 0.2) is 66.7 Å². The fourth-order valence-electron chi connectivity index (χ4n) is 3.18. The maximum atomic E-state index is 13.6. The van der Waals surface area contributed by atoms with Gasteiger partial charge in [-0.3, -0.25) is 14.4 Å². The first-order valence-corrected chi connectivity index (χ1v) is 9.73. The topological polar surface area (TPSA) is 92.8 Å². The number of anilines is 2. The molecule has 0 saturated heterocycles. The van der Waals surface area contributed by atoms with E-state index in [-0.39, 0.29) is 33.1 Å². The lowest BCUT2D eigenvalue weighted by Gasteiger charge is -2.15. The van der Waals surface area contributed by atoms with Crippen molar-refractivity contribution in [1.29, 1.82) is 0 Å². The fourth-order valence-corrected chi connectivity index (χ4v) is 3.40. The Balaban J connectivity index is 1.47. The summed E-state index contributed by atoms with van der Waals surface area (Å²) in [4.78, 5) is 50.8. The van der Waals surface area contributed by atoms with E-state index in [0.717, 1.165) is 4.90 Å². The molecule has 0 atom stereocenters. The quantitative estimate of drug-likeness (QED) is 0.465. The van der Waals surface area contributed by atoms with Crippen molar-refractivity contribution in [3.05, 3.63) is 94.3 Å². The predicted octanol–water partition coefficient (Wildman–Crippen LogP) is 4.08. The summed E-state index contributed by atoms with van der Waals surface area (Å²) in [7, 11) is 0. The summed E-state index contributed by atoms with van der Waals surface area (Å²) in [6.45, 7) is -0.664. The lowest BCUT2D eigenvalue weighted by Crippen LogP contribution is -2.29. The van der Waals surface area contributed by atoms with Crippen LogP contribution in [0, 0.1) is 5.82 Å². The van der Waals surface area contributed by atoms with Gasteiger partial charge in [-0.15, -0.1) is 0 Å². The molecule has 3 amide bonds. The Hall–Kier alpha value is -4.04. The number of esters is 1. The zero-order valence-corrected chi connectivity index (χ0v) is 17.1. The highest BCUT2D eigenvalue weighted by Gasteiger charge is 2.38. The largest absolute Gasteiger partial charge is 0.452 e. The van der Waals surface area contributed by atoms with E-state index in [2.05, 4.69) is 5.32 Å². The molecule has 3 aromatic carbocycles. The zero-order valence-electron chi connectivity index (χ0n) is 16.3. The third kappa shape index (κ3) is 3.95. The third-order valence-electron chi connectivity index (χ3n) is 4.70. The van der Waals surface area contributed by atoms with Crippen LogP contribution < -0.4 is 10.2 Å². The van der Waals surface area contributed by atoms with Crippen molar-refractivity contribution >= 4 is 46.7 Å². The summed E-state index contributed by atoms with van der Waals surface area (Å²) in [5.41, 5.74) is 0.290. The molecule has 0 saturated carbocycles. The Labute approximate surface area is 186 Å². The van der Waals surface area contributed by atoms with Gasteiger partial charge in [0.25, 0.3) is 17.7 Å². The summed E-state index contributed by atoms with van der Waals surface area (Å²) < 4.78 is 18.5. The molecule has 1 heterocycles. The van der Waals surface area contributed by atoms with Gasteiger partial charge >= 0.3 is 5.97 Å². The average molecular weight is 453 g/mol. The van der Waals surface area contributed by atoms with Crippen LogP contribution in [-0.2, 0) is 9.53 Å². The van der Waals surface area contributed by atoms with Crippen molar-refractivity contribution in [3.63, 3.8) is 0 Å². The SMILES string of the molecule is O=C(COC(=O)c1ccc2c(c1)C(=O)N(c1ccccc1Cl)C2=O)Nc1ccccc1F. The lowest BCUT2D eigenvalue weighted by atomic mass is 10.1. The number of benzene rings is 3. The Morgan fingerprint density at radius 2 is 1.62 bits per heavy atom. The van der Waals surface area contributed by atoms with Crippen LogP contribution in [0.4, 0.5) is 15.8 Å². The molecule has 4 rings (SSSR count). The Morgan fingerprint density at radius 1 is 0.938 bits per heavy atom. The van der Waals surface area contributed by atoms with Crippen LogP contribution in [0.5, 0.6) is 0 Å². The number of carbonyl (C=O) groups excluding carboxylic acids is 4. The molecule has 0 aliphatic carbocycles. The number of halogens is 2. The van der Waals surface area contributed by atoms with Gasteiger partial charge in [-0.25, -0.2) is 14.1 Å². The van der Waals surface area contributed by atoms with Crippen molar-refractivity contribution in [2.45, 2.75) is 0 Å². The van der Waals surface area contributed by atoms with Gasteiger partial charge in [-0.05, 0) is 42.5 Å². The van der Waals surface area contributed by atoms with E-state index in [0.29, 0.717) is 0 Å². The molecule has 1 aliphatic heterocycles. The number of amides is 3. The second kappa shape index (κ2) is 8.60. The zero-order chi connectivity index (χ0) is 22.8. The molecule has 0 fully saturated rings. The van der Waals surface area contributed by atoms with Crippen LogP contribution in [0.3, 0.4) is 0 Å². The van der Waals surface area contributed by atoms with Crippen molar-refractivity contribution in [2.24, 2.45) is 0 Å². The third-order valence-corrected chi connectivity index (χ3v) is 5.02. The van der Waals surface area contributed by atoms with Crippen molar-refractivity contribution < 1.29 is 28.3 Å². The van der Waals surface area contributed by atoms with E-state index in [1.807, 2.05) is 0 Å². The molecule has 0 aromatic heterocycles. The highest BCUT2D eigenvalue weighted by molar-refractivity contribution is 6.39. The van der Waals surface area contributed by atoms with Crippen molar-refractivity contribution in [1.82, 2.24) is 0 Å². The summed E-state index contributed by atoms with van der Waals surface area (Å²) in [5, 5.41) is 2.52. The number of ether oxygens (including phenoxy) is 1. The van der Waals surface area contributed by atoms with E-state index in [1.165, 1.54) is 42.5 Å². The van der Waals surface area contributed by atoms with Gasteiger partial charge in [0.05, 0.1) is 33.1 Å². The predicted molar refractivity (Wildman–Crippen MR) is 114 cm³/mol. The van der Waals surface area contributed by atoms with Crippen molar-refractivity contribution in [3.8, 4) is 0 Å². The Bertz CT molecular complexity index is 1280. The summed E-state index contributed by atoms with van der Waals surface area (Å²) in [5.74, 6) is -3.45. The fraction of sp³-hybridized carbons (Fsp3) is 0.0435. The lowest BCUT2D eigenvalue weighted by molar-refractivity contribution is -0.119. The highest BCUT2D eigenvalue weighted by Crippen LogP contribution is 2.33.